The number of nitrogens with one attached hydrogen (secondary N) is 1. The summed E-state index contributed by atoms with van der Waals surface area (Å²) in [5.41, 5.74) is 11.8. The molecule has 0 aliphatic heterocycles. The molecule has 0 spiro atoms. The molecular formula is C30H32FN3O. The van der Waals surface area contributed by atoms with Crippen LogP contribution in [0.15, 0.2) is 84.9 Å². The number of nitrogens with two attached hydrogens (primary N) is 1. The Morgan fingerprint density at radius 3 is 2.11 bits per heavy atom. The highest BCUT2D eigenvalue weighted by Crippen LogP contribution is 2.42. The Bertz CT molecular complexity index is 1260. The van der Waals surface area contributed by atoms with Crippen molar-refractivity contribution in [3.63, 3.8) is 0 Å². The van der Waals surface area contributed by atoms with Gasteiger partial charge in [0, 0.05) is 23.5 Å². The predicted molar refractivity (Wildman–Crippen MR) is 142 cm³/mol. The Morgan fingerprint density at radius 2 is 1.51 bits per heavy atom. The van der Waals surface area contributed by atoms with E-state index in [1.54, 1.807) is 12.1 Å². The maximum atomic E-state index is 13.9. The van der Waals surface area contributed by atoms with Gasteiger partial charge in [0.25, 0.3) is 5.91 Å². The first-order valence-corrected chi connectivity index (χ1v) is 12.2. The van der Waals surface area contributed by atoms with Gasteiger partial charge in [-0.25, -0.2) is 4.39 Å². The monoisotopic (exact) mass is 469 g/mol. The summed E-state index contributed by atoms with van der Waals surface area (Å²) in [6.07, 6.45) is 1.76. The molecule has 180 valence electrons. The molecule has 35 heavy (non-hydrogen) atoms. The number of rotatable bonds is 9. The fourth-order valence-corrected chi connectivity index (χ4v) is 4.62. The van der Waals surface area contributed by atoms with E-state index in [0.717, 1.165) is 53.2 Å². The molecular weight excluding hydrogens is 437 g/mol. The predicted octanol–water partition coefficient (Wildman–Crippen LogP) is 7.08. The molecule has 0 saturated heterocycles. The number of para-hydroxylation sites is 1. The van der Waals surface area contributed by atoms with E-state index in [-0.39, 0.29) is 17.6 Å². The van der Waals surface area contributed by atoms with Crippen molar-refractivity contribution in [1.82, 2.24) is 4.57 Å². The van der Waals surface area contributed by atoms with Crippen LogP contribution in [0.5, 0.6) is 0 Å². The number of carbonyl (C=O) groups is 1. The summed E-state index contributed by atoms with van der Waals surface area (Å²) in [5.74, 6) is -0.358. The zero-order chi connectivity index (χ0) is 24.8. The summed E-state index contributed by atoms with van der Waals surface area (Å²) in [6.45, 7) is 5.54. The van der Waals surface area contributed by atoms with E-state index in [1.165, 1.54) is 12.1 Å². The molecule has 0 fully saturated rings. The molecule has 1 heterocycles. The average molecular weight is 470 g/mol. The molecule has 4 nitrogen and oxygen atoms in total. The van der Waals surface area contributed by atoms with Crippen LogP contribution >= 0.6 is 0 Å². The van der Waals surface area contributed by atoms with Gasteiger partial charge in [0.05, 0.1) is 11.3 Å². The van der Waals surface area contributed by atoms with Crippen LogP contribution in [-0.4, -0.2) is 17.0 Å². The van der Waals surface area contributed by atoms with E-state index in [0.29, 0.717) is 12.1 Å². The van der Waals surface area contributed by atoms with Crippen molar-refractivity contribution < 1.29 is 9.18 Å². The van der Waals surface area contributed by atoms with E-state index in [1.807, 2.05) is 60.7 Å². The third kappa shape index (κ3) is 5.36. The van der Waals surface area contributed by atoms with Crippen molar-refractivity contribution in [2.75, 3.05) is 11.9 Å². The van der Waals surface area contributed by atoms with Crippen LogP contribution in [0.3, 0.4) is 0 Å². The lowest BCUT2D eigenvalue weighted by Crippen LogP contribution is -2.16. The van der Waals surface area contributed by atoms with E-state index < -0.39 is 0 Å². The molecule has 1 aromatic heterocycles. The van der Waals surface area contributed by atoms with Crippen LogP contribution in [0.25, 0.3) is 22.4 Å². The van der Waals surface area contributed by atoms with Crippen molar-refractivity contribution in [2.45, 2.75) is 39.2 Å². The largest absolute Gasteiger partial charge is 0.343 e. The zero-order valence-corrected chi connectivity index (χ0v) is 20.3. The maximum Gasteiger partial charge on any atom is 0.258 e. The molecule has 3 aromatic carbocycles. The fraction of sp³-hybridized carbons (Fsp3) is 0.233. The van der Waals surface area contributed by atoms with Crippen LogP contribution in [0.1, 0.15) is 48.7 Å². The number of aromatic nitrogens is 1. The van der Waals surface area contributed by atoms with Crippen LogP contribution in [0.2, 0.25) is 0 Å². The van der Waals surface area contributed by atoms with Gasteiger partial charge in [0.2, 0.25) is 0 Å². The lowest BCUT2D eigenvalue weighted by molar-refractivity contribution is 0.102. The van der Waals surface area contributed by atoms with Gasteiger partial charge >= 0.3 is 0 Å². The molecule has 4 aromatic rings. The first-order valence-electron chi connectivity index (χ1n) is 12.2. The normalized spacial score (nSPS) is 11.1. The van der Waals surface area contributed by atoms with Crippen LogP contribution in [-0.2, 0) is 6.54 Å². The summed E-state index contributed by atoms with van der Waals surface area (Å²) in [6, 6.07) is 26.0. The maximum absolute atomic E-state index is 13.9. The quantitative estimate of drug-likeness (QED) is 0.257. The molecule has 0 unspecified atom stereocenters. The Labute approximate surface area is 206 Å². The first kappa shape index (κ1) is 24.4. The van der Waals surface area contributed by atoms with Crippen LogP contribution in [0, 0.1) is 5.82 Å². The summed E-state index contributed by atoms with van der Waals surface area (Å²) in [4.78, 5) is 13.9. The molecule has 0 aliphatic carbocycles. The average Bonchev–Trinajstić information content (AvgIpc) is 3.21. The molecule has 3 N–H and O–H groups in total. The van der Waals surface area contributed by atoms with Crippen molar-refractivity contribution in [1.29, 1.82) is 0 Å². The van der Waals surface area contributed by atoms with E-state index >= 15 is 0 Å². The standard InChI is InChI=1S/C30H32FN3O/c1-21(2)28-27(30(35)33-25-13-7-4-8-14-25)26(22-11-5-3-6-12-22)29(34(28)20-10-9-19-32)23-15-17-24(31)18-16-23/h3-8,11-18,21H,9-10,19-20,32H2,1-2H3,(H,33,35). The van der Waals surface area contributed by atoms with Gasteiger partial charge in [-0.3, -0.25) is 4.79 Å². The molecule has 0 atom stereocenters. The third-order valence-corrected chi connectivity index (χ3v) is 6.13. The topological polar surface area (TPSA) is 60.0 Å². The smallest absolute Gasteiger partial charge is 0.258 e. The number of unbranched alkanes of at least 4 members (excludes halogenated alkanes) is 1. The lowest BCUT2D eigenvalue weighted by atomic mass is 9.94. The number of hydrogen-bond donors (Lipinski definition) is 2. The molecule has 5 heteroatoms. The Balaban J connectivity index is 2.01. The highest BCUT2D eigenvalue weighted by Gasteiger charge is 2.30. The Hall–Kier alpha value is -3.70. The second-order valence-electron chi connectivity index (χ2n) is 8.98. The Kier molecular flexibility index (Phi) is 7.78. The number of carbonyl (C=O) groups excluding carboxylic acids is 1. The van der Waals surface area contributed by atoms with Gasteiger partial charge in [0.1, 0.15) is 5.82 Å². The van der Waals surface area contributed by atoms with E-state index in [4.69, 9.17) is 5.73 Å². The third-order valence-electron chi connectivity index (χ3n) is 6.13. The molecule has 1 amide bonds. The molecule has 0 bridgehead atoms. The minimum absolute atomic E-state index is 0.0843. The molecule has 0 radical (unpaired) electrons. The molecule has 4 rings (SSSR count). The van der Waals surface area contributed by atoms with Gasteiger partial charge in [-0.1, -0.05) is 62.4 Å². The van der Waals surface area contributed by atoms with Crippen molar-refractivity contribution in [3.8, 4) is 22.4 Å². The van der Waals surface area contributed by atoms with Crippen molar-refractivity contribution in [3.05, 3.63) is 102 Å². The SMILES string of the molecule is CC(C)c1c(C(=O)Nc2ccccc2)c(-c2ccccc2)c(-c2ccc(F)cc2)n1CCCCN. The number of halogens is 1. The summed E-state index contributed by atoms with van der Waals surface area (Å²) < 4.78 is 16.1. The van der Waals surface area contributed by atoms with Gasteiger partial charge in [0.15, 0.2) is 0 Å². The summed E-state index contributed by atoms with van der Waals surface area (Å²) in [7, 11) is 0. The number of anilines is 1. The van der Waals surface area contributed by atoms with Gasteiger partial charge < -0.3 is 15.6 Å². The minimum Gasteiger partial charge on any atom is -0.343 e. The second-order valence-corrected chi connectivity index (χ2v) is 8.98. The van der Waals surface area contributed by atoms with Gasteiger partial charge in [-0.05, 0) is 72.8 Å². The zero-order valence-electron chi connectivity index (χ0n) is 20.3. The van der Waals surface area contributed by atoms with Crippen LogP contribution < -0.4 is 11.1 Å². The number of benzene rings is 3. The van der Waals surface area contributed by atoms with Gasteiger partial charge in [-0.2, -0.15) is 0 Å². The second kappa shape index (κ2) is 11.2. The van der Waals surface area contributed by atoms with Crippen molar-refractivity contribution >= 4 is 11.6 Å². The number of amides is 1. The summed E-state index contributed by atoms with van der Waals surface area (Å²) in [5, 5.41) is 3.10. The van der Waals surface area contributed by atoms with Crippen molar-refractivity contribution in [2.24, 2.45) is 5.73 Å². The highest BCUT2D eigenvalue weighted by molar-refractivity contribution is 6.12. The van der Waals surface area contributed by atoms with E-state index in [2.05, 4.69) is 23.7 Å². The van der Waals surface area contributed by atoms with E-state index in [9.17, 15) is 9.18 Å². The Morgan fingerprint density at radius 1 is 0.886 bits per heavy atom. The minimum atomic E-state index is -0.289. The number of nitrogens with zero attached hydrogens (tertiary/aromatic N) is 1. The number of hydrogen-bond acceptors (Lipinski definition) is 2. The fourth-order valence-electron chi connectivity index (χ4n) is 4.62. The lowest BCUT2D eigenvalue weighted by Gasteiger charge is -2.17. The van der Waals surface area contributed by atoms with Crippen LogP contribution in [0.4, 0.5) is 10.1 Å². The summed E-state index contributed by atoms with van der Waals surface area (Å²) >= 11 is 0. The first-order chi connectivity index (χ1) is 17.0. The molecule has 0 saturated carbocycles. The molecule has 0 aliphatic rings. The van der Waals surface area contributed by atoms with Gasteiger partial charge in [-0.15, -0.1) is 0 Å². The highest BCUT2D eigenvalue weighted by atomic mass is 19.1.